The molecule has 0 spiro atoms. The number of aliphatic hydroxyl groups excluding tert-OH is 1. The van der Waals surface area contributed by atoms with Crippen LogP contribution < -0.4 is 9.47 Å². The lowest BCUT2D eigenvalue weighted by atomic mass is 10.1. The molecule has 0 aliphatic rings. The van der Waals surface area contributed by atoms with Crippen molar-refractivity contribution in [2.75, 3.05) is 0 Å². The summed E-state index contributed by atoms with van der Waals surface area (Å²) < 4.78 is 49.4. The predicted molar refractivity (Wildman–Crippen MR) is 78.2 cm³/mol. The van der Waals surface area contributed by atoms with E-state index in [0.29, 0.717) is 0 Å². The molecule has 6 heteroatoms. The van der Waals surface area contributed by atoms with E-state index in [2.05, 4.69) is 0 Å². The molecule has 0 saturated heterocycles. The summed E-state index contributed by atoms with van der Waals surface area (Å²) in [5.74, 6) is 0.431. The molecule has 1 aromatic carbocycles. The van der Waals surface area contributed by atoms with Gasteiger partial charge in [0.05, 0.1) is 0 Å². The maximum Gasteiger partial charge on any atom is 0.418 e. The number of alkyl halides is 3. The maximum atomic E-state index is 12.7. The van der Waals surface area contributed by atoms with E-state index >= 15 is 0 Å². The molecule has 126 valence electrons. The van der Waals surface area contributed by atoms with Crippen molar-refractivity contribution in [3.8, 4) is 11.5 Å². The fourth-order valence-corrected chi connectivity index (χ4v) is 1.77. The second-order valence-electron chi connectivity index (χ2n) is 7.11. The molecule has 0 saturated carbocycles. The Morgan fingerprint density at radius 3 is 1.45 bits per heavy atom. The van der Waals surface area contributed by atoms with Crippen LogP contribution in [0.3, 0.4) is 0 Å². The first-order chi connectivity index (χ1) is 9.67. The van der Waals surface area contributed by atoms with Crippen LogP contribution in [0.2, 0.25) is 0 Å². The zero-order valence-corrected chi connectivity index (χ0v) is 13.7. The van der Waals surface area contributed by atoms with Crippen LogP contribution >= 0.6 is 0 Å². The largest absolute Gasteiger partial charge is 0.488 e. The summed E-state index contributed by atoms with van der Waals surface area (Å²) in [6, 6.07) is 3.88. The summed E-state index contributed by atoms with van der Waals surface area (Å²) in [7, 11) is 0. The van der Waals surface area contributed by atoms with E-state index in [0.717, 1.165) is 0 Å². The van der Waals surface area contributed by atoms with E-state index in [1.165, 1.54) is 18.2 Å². The SMILES string of the molecule is CC(C)(C)Oc1cc(OC(C)(C)C)cc(C(O)C(F)(F)F)c1. The van der Waals surface area contributed by atoms with Gasteiger partial charge in [-0.05, 0) is 59.2 Å². The molecular formula is C16H23F3O3. The van der Waals surface area contributed by atoms with E-state index in [4.69, 9.17) is 9.47 Å². The van der Waals surface area contributed by atoms with Gasteiger partial charge in [-0.1, -0.05) is 0 Å². The Bertz CT molecular complexity index is 477. The summed E-state index contributed by atoms with van der Waals surface area (Å²) >= 11 is 0. The highest BCUT2D eigenvalue weighted by atomic mass is 19.4. The average molecular weight is 320 g/mol. The van der Waals surface area contributed by atoms with Crippen molar-refractivity contribution >= 4 is 0 Å². The third-order valence-corrected chi connectivity index (χ3v) is 2.38. The molecule has 0 heterocycles. The molecule has 3 nitrogen and oxygen atoms in total. The maximum absolute atomic E-state index is 12.7. The van der Waals surface area contributed by atoms with Gasteiger partial charge in [0.2, 0.25) is 0 Å². The monoisotopic (exact) mass is 320 g/mol. The van der Waals surface area contributed by atoms with Gasteiger partial charge in [-0.15, -0.1) is 0 Å². The molecular weight excluding hydrogens is 297 g/mol. The highest BCUT2D eigenvalue weighted by Crippen LogP contribution is 2.37. The van der Waals surface area contributed by atoms with Gasteiger partial charge in [0, 0.05) is 6.07 Å². The van der Waals surface area contributed by atoms with Crippen LogP contribution in [0.4, 0.5) is 13.2 Å². The Hall–Kier alpha value is -1.43. The number of halogens is 3. The molecule has 0 radical (unpaired) electrons. The molecule has 0 aliphatic heterocycles. The Kier molecular flexibility index (Phi) is 5.07. The molecule has 0 amide bonds. The van der Waals surface area contributed by atoms with E-state index in [1.807, 2.05) is 0 Å². The van der Waals surface area contributed by atoms with Gasteiger partial charge in [-0.25, -0.2) is 0 Å². The second-order valence-corrected chi connectivity index (χ2v) is 7.11. The van der Waals surface area contributed by atoms with Gasteiger partial charge in [0.15, 0.2) is 6.10 Å². The fraction of sp³-hybridized carbons (Fsp3) is 0.625. The van der Waals surface area contributed by atoms with Crippen molar-refractivity contribution in [1.82, 2.24) is 0 Å². The molecule has 1 rings (SSSR count). The van der Waals surface area contributed by atoms with Gasteiger partial charge in [-0.2, -0.15) is 13.2 Å². The molecule has 1 atom stereocenters. The summed E-state index contributed by atoms with van der Waals surface area (Å²) in [5, 5.41) is 9.47. The van der Waals surface area contributed by atoms with Crippen LogP contribution in [-0.4, -0.2) is 22.5 Å². The van der Waals surface area contributed by atoms with Gasteiger partial charge in [-0.3, -0.25) is 0 Å². The Morgan fingerprint density at radius 1 is 0.818 bits per heavy atom. The number of hydrogen-bond acceptors (Lipinski definition) is 3. The number of rotatable bonds is 3. The molecule has 1 N–H and O–H groups in total. The van der Waals surface area contributed by atoms with Crippen molar-refractivity contribution in [3.05, 3.63) is 23.8 Å². The highest BCUT2D eigenvalue weighted by molar-refractivity contribution is 5.40. The van der Waals surface area contributed by atoms with Gasteiger partial charge < -0.3 is 14.6 Å². The summed E-state index contributed by atoms with van der Waals surface area (Å²) in [4.78, 5) is 0. The topological polar surface area (TPSA) is 38.7 Å². The normalized spacial score (nSPS) is 14.6. The van der Waals surface area contributed by atoms with Crippen molar-refractivity contribution < 1.29 is 27.8 Å². The first-order valence-corrected chi connectivity index (χ1v) is 6.95. The molecule has 0 bridgehead atoms. The number of hydrogen-bond donors (Lipinski definition) is 1. The minimum atomic E-state index is -4.75. The lowest BCUT2D eigenvalue weighted by molar-refractivity contribution is -0.206. The molecule has 1 unspecified atom stereocenters. The smallest absolute Gasteiger partial charge is 0.418 e. The van der Waals surface area contributed by atoms with E-state index < -0.39 is 23.5 Å². The van der Waals surface area contributed by atoms with Crippen LogP contribution in [0.5, 0.6) is 11.5 Å². The van der Waals surface area contributed by atoms with E-state index in [1.54, 1.807) is 41.5 Å². The zero-order chi connectivity index (χ0) is 17.3. The second kappa shape index (κ2) is 5.99. The number of ether oxygens (including phenoxy) is 2. The molecule has 1 aromatic rings. The Labute approximate surface area is 129 Å². The fourth-order valence-electron chi connectivity index (χ4n) is 1.77. The van der Waals surface area contributed by atoms with E-state index in [9.17, 15) is 18.3 Å². The first-order valence-electron chi connectivity index (χ1n) is 6.95. The lowest BCUT2D eigenvalue weighted by Gasteiger charge is -2.26. The average Bonchev–Trinajstić information content (AvgIpc) is 2.21. The minimum Gasteiger partial charge on any atom is -0.488 e. The van der Waals surface area contributed by atoms with Gasteiger partial charge in [0.1, 0.15) is 22.7 Å². The predicted octanol–water partition coefficient (Wildman–Crippen LogP) is 4.64. The third-order valence-electron chi connectivity index (χ3n) is 2.38. The molecule has 0 fully saturated rings. The number of aliphatic hydroxyl groups is 1. The third kappa shape index (κ3) is 6.13. The molecule has 0 aromatic heterocycles. The molecule has 22 heavy (non-hydrogen) atoms. The van der Waals surface area contributed by atoms with Crippen LogP contribution in [-0.2, 0) is 0 Å². The number of benzene rings is 1. The van der Waals surface area contributed by atoms with Gasteiger partial charge >= 0.3 is 6.18 Å². The minimum absolute atomic E-state index is 0.215. The summed E-state index contributed by atoms with van der Waals surface area (Å²) in [6.07, 6.45) is -7.34. The summed E-state index contributed by atoms with van der Waals surface area (Å²) in [5.41, 5.74) is -1.48. The molecule has 0 aliphatic carbocycles. The van der Waals surface area contributed by atoms with E-state index in [-0.39, 0.29) is 17.1 Å². The summed E-state index contributed by atoms with van der Waals surface area (Å²) in [6.45, 7) is 10.7. The Morgan fingerprint density at radius 2 is 1.18 bits per heavy atom. The van der Waals surface area contributed by atoms with Crippen LogP contribution in [0.25, 0.3) is 0 Å². The van der Waals surface area contributed by atoms with Crippen molar-refractivity contribution in [2.45, 2.75) is 65.0 Å². The van der Waals surface area contributed by atoms with Crippen LogP contribution in [0.15, 0.2) is 18.2 Å². The Balaban J connectivity index is 3.26. The van der Waals surface area contributed by atoms with Crippen molar-refractivity contribution in [1.29, 1.82) is 0 Å². The lowest BCUT2D eigenvalue weighted by Crippen LogP contribution is -2.25. The van der Waals surface area contributed by atoms with Crippen LogP contribution in [0, 0.1) is 0 Å². The zero-order valence-electron chi connectivity index (χ0n) is 13.7. The quantitative estimate of drug-likeness (QED) is 0.882. The van der Waals surface area contributed by atoms with Crippen molar-refractivity contribution in [2.24, 2.45) is 0 Å². The van der Waals surface area contributed by atoms with Crippen LogP contribution in [0.1, 0.15) is 53.2 Å². The first kappa shape index (κ1) is 18.6. The standard InChI is InChI=1S/C16H23F3O3/c1-14(2,3)21-11-7-10(13(20)16(17,18)19)8-12(9-11)22-15(4,5)6/h7-9,13,20H,1-6H3. The van der Waals surface area contributed by atoms with Crippen molar-refractivity contribution in [3.63, 3.8) is 0 Å². The highest BCUT2D eigenvalue weighted by Gasteiger charge is 2.40. The van der Waals surface area contributed by atoms with Gasteiger partial charge in [0.25, 0.3) is 0 Å².